The Labute approximate surface area is 176 Å². The van der Waals surface area contributed by atoms with E-state index in [2.05, 4.69) is 19.9 Å². The lowest BCUT2D eigenvalue weighted by Gasteiger charge is -2.18. The second-order valence-electron chi connectivity index (χ2n) is 5.91. The fourth-order valence-electron chi connectivity index (χ4n) is 2.88. The summed E-state index contributed by atoms with van der Waals surface area (Å²) in [5, 5.41) is 32.2. The van der Waals surface area contributed by atoms with Crippen molar-refractivity contribution in [1.82, 2.24) is 19.9 Å². The first-order valence-corrected chi connectivity index (χ1v) is 10.7. The van der Waals surface area contributed by atoms with Crippen molar-refractivity contribution in [2.45, 2.75) is 16.2 Å². The van der Waals surface area contributed by atoms with Crippen LogP contribution in [0.5, 0.6) is 11.8 Å². The number of rotatable bonds is 6. The average Bonchev–Trinajstić information content (AvgIpc) is 2.71. The molecule has 11 nitrogen and oxygen atoms in total. The van der Waals surface area contributed by atoms with Gasteiger partial charge in [-0.15, -0.1) is 0 Å². The fraction of sp³-hybridized carbons (Fsp3) is 0.176. The maximum Gasteiger partial charge on any atom is 0.269 e. The molecule has 0 aliphatic rings. The molecule has 0 aliphatic heterocycles. The van der Waals surface area contributed by atoms with Gasteiger partial charge in [0.1, 0.15) is 0 Å². The summed E-state index contributed by atoms with van der Waals surface area (Å²) >= 11 is 2.18. The molecule has 0 atom stereocenters. The van der Waals surface area contributed by atoms with Crippen LogP contribution in [0, 0.1) is 10.1 Å². The van der Waals surface area contributed by atoms with Gasteiger partial charge in [-0.1, -0.05) is 35.7 Å². The van der Waals surface area contributed by atoms with Gasteiger partial charge in [0.05, 0.1) is 22.0 Å². The Balaban J connectivity index is 2.33. The number of hydrogen-bond donors (Lipinski definition) is 4. The highest BCUT2D eigenvalue weighted by molar-refractivity contribution is 7.98. The number of benzene rings is 1. The normalized spacial score (nSPS) is 11.0. The van der Waals surface area contributed by atoms with E-state index in [1.54, 1.807) is 12.5 Å². The van der Waals surface area contributed by atoms with Crippen LogP contribution in [-0.4, -0.2) is 47.6 Å². The van der Waals surface area contributed by atoms with Crippen LogP contribution in [0.15, 0.2) is 44.2 Å². The van der Waals surface area contributed by atoms with Gasteiger partial charge >= 0.3 is 0 Å². The summed E-state index contributed by atoms with van der Waals surface area (Å²) in [5.41, 5.74) is -2.05. The van der Waals surface area contributed by atoms with Gasteiger partial charge in [-0.25, -0.2) is 0 Å². The lowest BCUT2D eigenvalue weighted by Crippen LogP contribution is -2.25. The molecule has 0 saturated heterocycles. The third kappa shape index (κ3) is 4.02. The molecule has 0 saturated carbocycles. The highest BCUT2D eigenvalue weighted by Crippen LogP contribution is 2.36. The van der Waals surface area contributed by atoms with Crippen LogP contribution in [-0.2, 0) is 0 Å². The van der Waals surface area contributed by atoms with Gasteiger partial charge in [-0.05, 0) is 18.1 Å². The van der Waals surface area contributed by atoms with Gasteiger partial charge in [0.15, 0.2) is 10.3 Å². The van der Waals surface area contributed by atoms with E-state index in [-0.39, 0.29) is 32.7 Å². The molecular weight excluding hydrogens is 434 g/mol. The number of nitro groups is 1. The molecule has 0 unspecified atom stereocenters. The highest BCUT2D eigenvalue weighted by Gasteiger charge is 2.31. The monoisotopic (exact) mass is 449 g/mol. The van der Waals surface area contributed by atoms with Crippen molar-refractivity contribution < 1.29 is 15.1 Å². The summed E-state index contributed by atoms with van der Waals surface area (Å²) in [5.74, 6) is -2.57. The molecule has 0 aliphatic carbocycles. The van der Waals surface area contributed by atoms with E-state index >= 15 is 0 Å². The molecule has 4 N–H and O–H groups in total. The van der Waals surface area contributed by atoms with E-state index in [1.807, 2.05) is 0 Å². The number of non-ortho nitro benzene ring substituents is 1. The molecule has 13 heteroatoms. The molecule has 0 radical (unpaired) electrons. The average molecular weight is 449 g/mol. The smallest absolute Gasteiger partial charge is 0.269 e. The van der Waals surface area contributed by atoms with Crippen molar-refractivity contribution >= 4 is 29.2 Å². The Hall–Kier alpha value is -3.32. The van der Waals surface area contributed by atoms with Gasteiger partial charge in [0.25, 0.3) is 16.8 Å². The number of aromatic amines is 2. The van der Waals surface area contributed by atoms with Crippen molar-refractivity contribution in [3.05, 3.63) is 71.8 Å². The van der Waals surface area contributed by atoms with E-state index in [4.69, 9.17) is 0 Å². The standard InChI is InChI=1S/C17H15N5O6S2/c1-29-16-18-12(23)10(13(24)19-16)9(7-3-5-8(6-4-7)22(27)28)11-14(25)20-17(30-2)21-15(11)26/h3-6,9H,1-2H3,(H2,18,19,23,24)(H2,20,21,25,26). The molecular formula is C17H15N5O6S2. The summed E-state index contributed by atoms with van der Waals surface area (Å²) in [6.45, 7) is 0. The van der Waals surface area contributed by atoms with Gasteiger partial charge in [0.2, 0.25) is 11.8 Å². The van der Waals surface area contributed by atoms with Crippen molar-refractivity contribution in [2.75, 3.05) is 12.5 Å². The van der Waals surface area contributed by atoms with E-state index in [0.29, 0.717) is 0 Å². The Morgan fingerprint density at radius 3 is 1.70 bits per heavy atom. The summed E-state index contributed by atoms with van der Waals surface area (Å²) in [7, 11) is 0. The molecule has 30 heavy (non-hydrogen) atoms. The Morgan fingerprint density at radius 2 is 1.37 bits per heavy atom. The first-order chi connectivity index (χ1) is 14.3. The number of aromatic nitrogens is 4. The minimum atomic E-state index is -1.29. The van der Waals surface area contributed by atoms with Crippen LogP contribution in [0.4, 0.5) is 5.69 Å². The second-order valence-corrected chi connectivity index (χ2v) is 7.50. The third-order valence-electron chi connectivity index (χ3n) is 4.23. The van der Waals surface area contributed by atoms with Gasteiger partial charge in [-0.3, -0.25) is 19.7 Å². The summed E-state index contributed by atoms with van der Waals surface area (Å²) in [4.78, 5) is 48.6. The van der Waals surface area contributed by atoms with E-state index in [0.717, 1.165) is 23.5 Å². The molecule has 156 valence electrons. The molecule has 0 amide bonds. The maximum absolute atomic E-state index is 12.7. The second kappa shape index (κ2) is 8.59. The van der Waals surface area contributed by atoms with E-state index in [9.17, 15) is 29.9 Å². The first-order valence-electron chi connectivity index (χ1n) is 8.25. The molecule has 0 fully saturated rings. The molecule has 2 aromatic heterocycles. The summed E-state index contributed by atoms with van der Waals surface area (Å²) < 4.78 is 0. The number of nitrogens with zero attached hydrogens (tertiary/aromatic N) is 3. The number of aromatic hydroxyl groups is 2. The Morgan fingerprint density at radius 1 is 0.933 bits per heavy atom. The zero-order chi connectivity index (χ0) is 22.0. The van der Waals surface area contributed by atoms with E-state index < -0.39 is 33.7 Å². The topological polar surface area (TPSA) is 175 Å². The van der Waals surface area contributed by atoms with Gasteiger partial charge in [-0.2, -0.15) is 9.97 Å². The van der Waals surface area contributed by atoms with Crippen LogP contribution in [0.1, 0.15) is 22.6 Å². The third-order valence-corrected chi connectivity index (χ3v) is 5.39. The fourth-order valence-corrected chi connectivity index (χ4v) is 3.63. The van der Waals surface area contributed by atoms with Crippen LogP contribution in [0.25, 0.3) is 0 Å². The number of thioether (sulfide) groups is 2. The SMILES string of the molecule is CSc1nc(O)c(C(c2ccc([N+](=O)[O-])cc2)c2c(O)nc(SC)[nH]c2=O)c(=O)[nH]1. The zero-order valence-electron chi connectivity index (χ0n) is 15.6. The molecule has 0 spiro atoms. The predicted octanol–water partition coefficient (Wildman–Crippen LogP) is 1.80. The lowest BCUT2D eigenvalue weighted by molar-refractivity contribution is -0.384. The molecule has 1 aromatic carbocycles. The minimum Gasteiger partial charge on any atom is -0.493 e. The van der Waals surface area contributed by atoms with Gasteiger partial charge < -0.3 is 20.2 Å². The Kier molecular flexibility index (Phi) is 6.12. The van der Waals surface area contributed by atoms with Gasteiger partial charge in [0, 0.05) is 12.1 Å². The zero-order valence-corrected chi connectivity index (χ0v) is 17.2. The first kappa shape index (κ1) is 21.4. The van der Waals surface area contributed by atoms with Crippen LogP contribution < -0.4 is 11.1 Å². The van der Waals surface area contributed by atoms with Crippen molar-refractivity contribution in [3.63, 3.8) is 0 Å². The minimum absolute atomic E-state index is 0.151. The molecule has 0 bridgehead atoms. The molecule has 2 heterocycles. The van der Waals surface area contributed by atoms with Crippen molar-refractivity contribution in [2.24, 2.45) is 0 Å². The predicted molar refractivity (Wildman–Crippen MR) is 111 cm³/mol. The molecule has 3 rings (SSSR count). The highest BCUT2D eigenvalue weighted by atomic mass is 32.2. The Bertz CT molecular complexity index is 1160. The van der Waals surface area contributed by atoms with Crippen LogP contribution in [0.2, 0.25) is 0 Å². The summed E-state index contributed by atoms with van der Waals surface area (Å²) in [6, 6.07) is 5.02. The summed E-state index contributed by atoms with van der Waals surface area (Å²) in [6.07, 6.45) is 3.29. The quantitative estimate of drug-likeness (QED) is 0.188. The number of nitrogens with one attached hydrogen (secondary N) is 2. The van der Waals surface area contributed by atoms with Crippen LogP contribution in [0.3, 0.4) is 0 Å². The number of H-pyrrole nitrogens is 2. The van der Waals surface area contributed by atoms with Crippen molar-refractivity contribution in [1.29, 1.82) is 0 Å². The lowest BCUT2D eigenvalue weighted by atomic mass is 9.87. The number of nitro benzene ring substituents is 1. The van der Waals surface area contributed by atoms with Crippen molar-refractivity contribution in [3.8, 4) is 11.8 Å². The largest absolute Gasteiger partial charge is 0.493 e. The van der Waals surface area contributed by atoms with Crippen LogP contribution >= 0.6 is 23.5 Å². The molecule has 3 aromatic rings. The number of hydrogen-bond acceptors (Lipinski definition) is 10. The van der Waals surface area contributed by atoms with E-state index in [1.165, 1.54) is 24.3 Å². The maximum atomic E-state index is 12.7.